The van der Waals surface area contributed by atoms with Crippen molar-refractivity contribution in [2.75, 3.05) is 25.6 Å². The number of nitrogens with zero attached hydrogens (tertiary/aromatic N) is 3. The van der Waals surface area contributed by atoms with Crippen LogP contribution in [0, 0.1) is 0 Å². The van der Waals surface area contributed by atoms with E-state index < -0.39 is 0 Å². The van der Waals surface area contributed by atoms with Gasteiger partial charge in [0.1, 0.15) is 5.65 Å². The highest BCUT2D eigenvalue weighted by Crippen LogP contribution is 2.30. The standard InChI is InChI=1S/C20H24BrN5O2.HI/c1-4-22-20(25-15-7-8-17(28-5-2)18(10-15)27-3)23-11-16-13-26-12-14(21)6-9-19(26)24-16;/h6-10,12-13H,4-5,11H2,1-3H3,(H2,22,23,25);1H. The molecule has 0 saturated heterocycles. The van der Waals surface area contributed by atoms with E-state index in [1.165, 1.54) is 0 Å². The predicted octanol–water partition coefficient (Wildman–Crippen LogP) is 4.70. The van der Waals surface area contributed by atoms with Crippen LogP contribution in [0.2, 0.25) is 0 Å². The summed E-state index contributed by atoms with van der Waals surface area (Å²) in [7, 11) is 1.63. The topological polar surface area (TPSA) is 72.2 Å². The van der Waals surface area contributed by atoms with E-state index in [1.807, 2.05) is 61.0 Å². The summed E-state index contributed by atoms with van der Waals surface area (Å²) in [6, 6.07) is 9.64. The number of imidazole rings is 1. The van der Waals surface area contributed by atoms with Gasteiger partial charge in [0, 0.05) is 35.2 Å². The first-order valence-corrected chi connectivity index (χ1v) is 9.91. The molecule has 0 aliphatic rings. The molecule has 2 heterocycles. The maximum Gasteiger partial charge on any atom is 0.196 e. The van der Waals surface area contributed by atoms with E-state index in [0.29, 0.717) is 30.6 Å². The SMILES string of the molecule is CCNC(=NCc1cn2cc(Br)ccc2n1)Nc1ccc(OCC)c(OC)c1.I. The van der Waals surface area contributed by atoms with Crippen LogP contribution < -0.4 is 20.1 Å². The normalized spacial score (nSPS) is 11.1. The molecular weight excluding hydrogens is 549 g/mol. The number of aromatic nitrogens is 2. The molecule has 0 spiro atoms. The highest BCUT2D eigenvalue weighted by Gasteiger charge is 2.07. The Kier molecular flexibility index (Phi) is 9.02. The summed E-state index contributed by atoms with van der Waals surface area (Å²) < 4.78 is 14.0. The Morgan fingerprint density at radius 1 is 1.17 bits per heavy atom. The van der Waals surface area contributed by atoms with Gasteiger partial charge in [-0.1, -0.05) is 0 Å². The summed E-state index contributed by atoms with van der Waals surface area (Å²) in [4.78, 5) is 9.24. The van der Waals surface area contributed by atoms with Crippen LogP contribution in [-0.2, 0) is 6.54 Å². The average molecular weight is 574 g/mol. The van der Waals surface area contributed by atoms with E-state index in [-0.39, 0.29) is 24.0 Å². The number of ether oxygens (including phenoxy) is 2. The summed E-state index contributed by atoms with van der Waals surface area (Å²) in [6.07, 6.45) is 3.96. The highest BCUT2D eigenvalue weighted by atomic mass is 127. The molecule has 0 aliphatic heterocycles. The summed E-state index contributed by atoms with van der Waals surface area (Å²) in [6.45, 7) is 5.77. The second-order valence-electron chi connectivity index (χ2n) is 5.96. The lowest BCUT2D eigenvalue weighted by atomic mass is 10.2. The van der Waals surface area contributed by atoms with Crippen molar-refractivity contribution in [1.82, 2.24) is 14.7 Å². The second-order valence-corrected chi connectivity index (χ2v) is 6.88. The molecule has 29 heavy (non-hydrogen) atoms. The molecule has 156 valence electrons. The van der Waals surface area contributed by atoms with Crippen LogP contribution in [0.25, 0.3) is 5.65 Å². The molecule has 7 nitrogen and oxygen atoms in total. The number of nitrogens with one attached hydrogen (secondary N) is 2. The van der Waals surface area contributed by atoms with E-state index in [1.54, 1.807) is 7.11 Å². The van der Waals surface area contributed by atoms with E-state index in [9.17, 15) is 0 Å². The van der Waals surface area contributed by atoms with Crippen molar-refractivity contribution in [3.05, 3.63) is 52.9 Å². The third-order valence-corrected chi connectivity index (χ3v) is 4.40. The molecule has 0 aliphatic carbocycles. The zero-order valence-electron chi connectivity index (χ0n) is 16.6. The number of halogens is 2. The van der Waals surface area contributed by atoms with Crippen molar-refractivity contribution in [3.8, 4) is 11.5 Å². The van der Waals surface area contributed by atoms with Crippen LogP contribution in [-0.4, -0.2) is 35.6 Å². The lowest BCUT2D eigenvalue weighted by Gasteiger charge is -2.14. The Bertz CT molecular complexity index is 977. The molecule has 0 fully saturated rings. The van der Waals surface area contributed by atoms with Crippen molar-refractivity contribution < 1.29 is 9.47 Å². The van der Waals surface area contributed by atoms with Gasteiger partial charge in [0.05, 0.1) is 26.0 Å². The van der Waals surface area contributed by atoms with Gasteiger partial charge in [-0.25, -0.2) is 9.98 Å². The van der Waals surface area contributed by atoms with Gasteiger partial charge >= 0.3 is 0 Å². The molecule has 0 atom stereocenters. The number of anilines is 1. The number of hydrogen-bond donors (Lipinski definition) is 2. The number of aliphatic imine (C=N–C) groups is 1. The van der Waals surface area contributed by atoms with E-state index >= 15 is 0 Å². The first-order chi connectivity index (χ1) is 13.6. The van der Waals surface area contributed by atoms with E-state index in [2.05, 4.69) is 36.5 Å². The predicted molar refractivity (Wildman–Crippen MR) is 131 cm³/mol. The maximum absolute atomic E-state index is 5.57. The van der Waals surface area contributed by atoms with Crippen molar-refractivity contribution >= 4 is 57.2 Å². The summed E-state index contributed by atoms with van der Waals surface area (Å²) in [5.41, 5.74) is 2.64. The van der Waals surface area contributed by atoms with E-state index in [0.717, 1.165) is 28.0 Å². The average Bonchev–Trinajstić information content (AvgIpc) is 3.09. The van der Waals surface area contributed by atoms with Gasteiger partial charge in [0.25, 0.3) is 0 Å². The van der Waals surface area contributed by atoms with Crippen LogP contribution in [0.5, 0.6) is 11.5 Å². The molecule has 3 aromatic rings. The fourth-order valence-electron chi connectivity index (χ4n) is 2.72. The fraction of sp³-hybridized carbons (Fsp3) is 0.300. The molecule has 9 heteroatoms. The summed E-state index contributed by atoms with van der Waals surface area (Å²) >= 11 is 3.47. The molecule has 0 radical (unpaired) electrons. The first kappa shape index (κ1) is 23.3. The van der Waals surface area contributed by atoms with Crippen molar-refractivity contribution in [2.45, 2.75) is 20.4 Å². The minimum atomic E-state index is 0. The minimum Gasteiger partial charge on any atom is -0.493 e. The van der Waals surface area contributed by atoms with Gasteiger partial charge in [-0.15, -0.1) is 24.0 Å². The third kappa shape index (κ3) is 6.23. The molecule has 2 N–H and O–H groups in total. The first-order valence-electron chi connectivity index (χ1n) is 9.12. The van der Waals surface area contributed by atoms with Crippen LogP contribution in [0.4, 0.5) is 5.69 Å². The Hall–Kier alpha value is -2.01. The lowest BCUT2D eigenvalue weighted by molar-refractivity contribution is 0.311. The fourth-order valence-corrected chi connectivity index (χ4v) is 3.07. The van der Waals surface area contributed by atoms with Gasteiger partial charge in [-0.2, -0.15) is 0 Å². The zero-order valence-corrected chi connectivity index (χ0v) is 20.5. The summed E-state index contributed by atoms with van der Waals surface area (Å²) in [5.74, 6) is 2.06. The van der Waals surface area contributed by atoms with Crippen molar-refractivity contribution in [2.24, 2.45) is 4.99 Å². The molecule has 1 aromatic carbocycles. The van der Waals surface area contributed by atoms with Gasteiger partial charge in [-0.05, 0) is 54.0 Å². The Balaban J connectivity index is 0.00000300. The van der Waals surface area contributed by atoms with Crippen LogP contribution in [0.1, 0.15) is 19.5 Å². The number of methoxy groups -OCH3 is 1. The van der Waals surface area contributed by atoms with Crippen LogP contribution >= 0.6 is 39.9 Å². The number of rotatable bonds is 7. The largest absolute Gasteiger partial charge is 0.493 e. The van der Waals surface area contributed by atoms with Gasteiger partial charge in [-0.3, -0.25) is 0 Å². The number of pyridine rings is 1. The lowest BCUT2D eigenvalue weighted by Crippen LogP contribution is -2.30. The second kappa shape index (κ2) is 11.2. The molecule has 0 amide bonds. The Morgan fingerprint density at radius 2 is 2.00 bits per heavy atom. The molecule has 0 saturated carbocycles. The Morgan fingerprint density at radius 3 is 2.72 bits per heavy atom. The molecule has 2 aromatic heterocycles. The van der Waals surface area contributed by atoms with Crippen molar-refractivity contribution in [3.63, 3.8) is 0 Å². The zero-order chi connectivity index (χ0) is 19.9. The van der Waals surface area contributed by atoms with Crippen molar-refractivity contribution in [1.29, 1.82) is 0 Å². The third-order valence-electron chi connectivity index (χ3n) is 3.93. The maximum atomic E-state index is 5.57. The molecular formula is C20H25BrIN5O2. The van der Waals surface area contributed by atoms with Crippen LogP contribution in [0.15, 0.2) is 52.2 Å². The number of hydrogen-bond acceptors (Lipinski definition) is 4. The van der Waals surface area contributed by atoms with E-state index in [4.69, 9.17) is 9.47 Å². The van der Waals surface area contributed by atoms with Gasteiger partial charge in [0.15, 0.2) is 17.5 Å². The highest BCUT2D eigenvalue weighted by molar-refractivity contribution is 14.0. The smallest absolute Gasteiger partial charge is 0.196 e. The number of guanidine groups is 1. The van der Waals surface area contributed by atoms with Gasteiger partial charge < -0.3 is 24.5 Å². The molecule has 0 unspecified atom stereocenters. The number of benzene rings is 1. The quantitative estimate of drug-likeness (QED) is 0.243. The summed E-state index contributed by atoms with van der Waals surface area (Å²) in [5, 5.41) is 6.54. The number of fused-ring (bicyclic) bond motifs is 1. The molecule has 0 bridgehead atoms. The van der Waals surface area contributed by atoms with Crippen LogP contribution in [0.3, 0.4) is 0 Å². The minimum absolute atomic E-state index is 0. The monoisotopic (exact) mass is 573 g/mol. The Labute approximate surface area is 196 Å². The molecule has 3 rings (SSSR count). The van der Waals surface area contributed by atoms with Gasteiger partial charge in [0.2, 0.25) is 0 Å².